The van der Waals surface area contributed by atoms with E-state index in [1.54, 1.807) is 4.90 Å². The lowest BCUT2D eigenvalue weighted by Crippen LogP contribution is -2.52. The Morgan fingerprint density at radius 1 is 1.00 bits per heavy atom. The second-order valence-corrected chi connectivity index (χ2v) is 9.50. The second kappa shape index (κ2) is 9.23. The zero-order chi connectivity index (χ0) is 22.9. The number of nitrogens with zero attached hydrogens (tertiary/aromatic N) is 3. The van der Waals surface area contributed by atoms with Crippen LogP contribution in [0.15, 0.2) is 18.2 Å². The molecule has 1 unspecified atom stereocenters. The van der Waals surface area contributed by atoms with Crippen LogP contribution in [0.25, 0.3) is 0 Å². The Labute approximate surface area is 193 Å². The fraction of sp³-hybridized carbons (Fsp3) is 0.583. The summed E-state index contributed by atoms with van der Waals surface area (Å²) in [5.41, 5.74) is 2.83. The molecule has 9 heteroatoms. The maximum absolute atomic E-state index is 12.9. The Kier molecular flexibility index (Phi) is 6.16. The van der Waals surface area contributed by atoms with Crippen molar-refractivity contribution in [3.63, 3.8) is 0 Å². The number of carbonyl (C=O) groups excluding carboxylic acids is 4. The number of hydrogen-bond donors (Lipinski definition) is 2. The van der Waals surface area contributed by atoms with E-state index in [9.17, 15) is 19.2 Å². The van der Waals surface area contributed by atoms with Gasteiger partial charge in [0, 0.05) is 44.7 Å². The van der Waals surface area contributed by atoms with Crippen LogP contribution < -0.4 is 10.6 Å². The van der Waals surface area contributed by atoms with Crippen molar-refractivity contribution in [3.8, 4) is 0 Å². The van der Waals surface area contributed by atoms with E-state index in [2.05, 4.69) is 21.6 Å². The average molecular weight is 454 g/mol. The van der Waals surface area contributed by atoms with Gasteiger partial charge in [0.2, 0.25) is 17.7 Å². The van der Waals surface area contributed by atoms with Crippen molar-refractivity contribution in [1.29, 1.82) is 0 Å². The number of piperazine rings is 1. The zero-order valence-corrected chi connectivity index (χ0v) is 18.8. The van der Waals surface area contributed by atoms with Gasteiger partial charge in [-0.2, -0.15) is 0 Å². The summed E-state index contributed by atoms with van der Waals surface area (Å²) in [4.78, 5) is 55.0. The highest BCUT2D eigenvalue weighted by molar-refractivity contribution is 6.05. The van der Waals surface area contributed by atoms with Crippen LogP contribution in [0.3, 0.4) is 0 Å². The van der Waals surface area contributed by atoms with Crippen molar-refractivity contribution in [1.82, 2.24) is 25.3 Å². The molecule has 4 amide bonds. The number of rotatable bonds is 4. The van der Waals surface area contributed by atoms with E-state index in [0.29, 0.717) is 31.0 Å². The van der Waals surface area contributed by atoms with Gasteiger partial charge in [0.15, 0.2) is 0 Å². The molecule has 4 heterocycles. The number of piperidine rings is 2. The van der Waals surface area contributed by atoms with Gasteiger partial charge in [-0.3, -0.25) is 29.4 Å². The molecule has 1 atom stereocenters. The summed E-state index contributed by atoms with van der Waals surface area (Å²) >= 11 is 0. The summed E-state index contributed by atoms with van der Waals surface area (Å²) in [6, 6.07) is 5.46. The van der Waals surface area contributed by atoms with Crippen LogP contribution in [0.2, 0.25) is 0 Å². The van der Waals surface area contributed by atoms with Crippen LogP contribution in [0, 0.1) is 0 Å². The number of benzene rings is 1. The van der Waals surface area contributed by atoms with Gasteiger partial charge in [0.25, 0.3) is 5.91 Å². The summed E-state index contributed by atoms with van der Waals surface area (Å²) in [5, 5.41) is 5.63. The number of amides is 4. The molecule has 0 radical (unpaired) electrons. The summed E-state index contributed by atoms with van der Waals surface area (Å²) in [6.07, 6.45) is 2.61. The van der Waals surface area contributed by atoms with E-state index in [4.69, 9.17) is 0 Å². The standard InChI is InChI=1S/C24H31N5O4/c30-21-4-3-20(23(32)26-21)29-14-18-13-17(1-2-19(18)24(29)33)16-5-9-27(10-6-16)15-22(31)28-11-7-25-8-12-28/h1-2,13,16,20,25H,3-12,14-15H2,(H,26,30,32). The van der Waals surface area contributed by atoms with Gasteiger partial charge in [-0.15, -0.1) is 0 Å². The maximum Gasteiger partial charge on any atom is 0.255 e. The molecule has 9 nitrogen and oxygen atoms in total. The van der Waals surface area contributed by atoms with Gasteiger partial charge in [-0.25, -0.2) is 0 Å². The first-order valence-electron chi connectivity index (χ1n) is 12.0. The molecular weight excluding hydrogens is 422 g/mol. The molecule has 1 aromatic carbocycles. The highest BCUT2D eigenvalue weighted by Crippen LogP contribution is 2.33. The van der Waals surface area contributed by atoms with Crippen molar-refractivity contribution in [2.75, 3.05) is 45.8 Å². The van der Waals surface area contributed by atoms with Gasteiger partial charge >= 0.3 is 0 Å². The third-order valence-corrected chi connectivity index (χ3v) is 7.44. The van der Waals surface area contributed by atoms with E-state index in [0.717, 1.165) is 57.7 Å². The average Bonchev–Trinajstić information content (AvgIpc) is 3.15. The van der Waals surface area contributed by atoms with Crippen molar-refractivity contribution in [2.24, 2.45) is 0 Å². The fourth-order valence-electron chi connectivity index (χ4n) is 5.48. The van der Waals surface area contributed by atoms with E-state index < -0.39 is 6.04 Å². The minimum Gasteiger partial charge on any atom is -0.339 e. The SMILES string of the molecule is O=C1CCC(N2Cc3cc(C4CCN(CC(=O)N5CCNCC5)CC4)ccc3C2=O)C(=O)N1. The van der Waals surface area contributed by atoms with Crippen LogP contribution in [-0.4, -0.2) is 90.2 Å². The predicted molar refractivity (Wildman–Crippen MR) is 120 cm³/mol. The fourth-order valence-corrected chi connectivity index (χ4v) is 5.48. The van der Waals surface area contributed by atoms with Crippen molar-refractivity contribution >= 4 is 23.6 Å². The summed E-state index contributed by atoms with van der Waals surface area (Å²) in [7, 11) is 0. The molecule has 4 aliphatic rings. The molecule has 4 aliphatic heterocycles. The lowest BCUT2D eigenvalue weighted by Gasteiger charge is -2.34. The molecule has 176 valence electrons. The number of imide groups is 1. The normalized spacial score (nSPS) is 24.7. The maximum atomic E-state index is 12.9. The van der Waals surface area contributed by atoms with E-state index in [-0.39, 0.29) is 30.0 Å². The molecule has 0 bridgehead atoms. The molecule has 3 fully saturated rings. The Morgan fingerprint density at radius 3 is 2.48 bits per heavy atom. The topological polar surface area (TPSA) is 102 Å². The lowest BCUT2D eigenvalue weighted by molar-refractivity contribution is -0.137. The van der Waals surface area contributed by atoms with Crippen molar-refractivity contribution in [2.45, 2.75) is 44.2 Å². The number of carbonyl (C=O) groups is 4. The van der Waals surface area contributed by atoms with Crippen LogP contribution in [-0.2, 0) is 20.9 Å². The highest BCUT2D eigenvalue weighted by Gasteiger charge is 2.39. The molecule has 0 saturated carbocycles. The zero-order valence-electron chi connectivity index (χ0n) is 18.8. The quantitative estimate of drug-likeness (QED) is 0.625. The summed E-state index contributed by atoms with van der Waals surface area (Å²) in [5.74, 6) is -0.161. The minimum absolute atomic E-state index is 0.132. The van der Waals surface area contributed by atoms with Gasteiger partial charge in [-0.05, 0) is 55.5 Å². The van der Waals surface area contributed by atoms with E-state index >= 15 is 0 Å². The third kappa shape index (κ3) is 4.52. The van der Waals surface area contributed by atoms with E-state index in [1.165, 1.54) is 5.56 Å². The molecule has 2 N–H and O–H groups in total. The molecule has 1 aromatic rings. The first-order chi connectivity index (χ1) is 16.0. The molecule has 3 saturated heterocycles. The summed E-state index contributed by atoms with van der Waals surface area (Å²) in [6.45, 7) is 6.00. The van der Waals surface area contributed by atoms with Gasteiger partial charge in [0.05, 0.1) is 6.54 Å². The van der Waals surface area contributed by atoms with Gasteiger partial charge < -0.3 is 15.1 Å². The largest absolute Gasteiger partial charge is 0.339 e. The Hall–Kier alpha value is -2.78. The molecule has 5 rings (SSSR count). The molecule has 0 spiro atoms. The number of fused-ring (bicyclic) bond motifs is 1. The van der Waals surface area contributed by atoms with Crippen LogP contribution in [0.4, 0.5) is 0 Å². The molecule has 0 aliphatic carbocycles. The third-order valence-electron chi connectivity index (χ3n) is 7.44. The molecule has 0 aromatic heterocycles. The van der Waals surface area contributed by atoms with E-state index in [1.807, 2.05) is 17.0 Å². The second-order valence-electron chi connectivity index (χ2n) is 9.50. The lowest BCUT2D eigenvalue weighted by atomic mass is 9.88. The molecular formula is C24H31N5O4. The predicted octanol–water partition coefficient (Wildman–Crippen LogP) is 0.0588. The van der Waals surface area contributed by atoms with Crippen LogP contribution in [0.1, 0.15) is 53.1 Å². The first-order valence-corrected chi connectivity index (χ1v) is 12.0. The Morgan fingerprint density at radius 2 is 1.76 bits per heavy atom. The smallest absolute Gasteiger partial charge is 0.255 e. The monoisotopic (exact) mass is 453 g/mol. The van der Waals surface area contributed by atoms with Crippen LogP contribution in [0.5, 0.6) is 0 Å². The molecule has 33 heavy (non-hydrogen) atoms. The highest BCUT2D eigenvalue weighted by atomic mass is 16.2. The van der Waals surface area contributed by atoms with Crippen molar-refractivity contribution in [3.05, 3.63) is 34.9 Å². The van der Waals surface area contributed by atoms with Crippen molar-refractivity contribution < 1.29 is 19.2 Å². The number of nitrogens with one attached hydrogen (secondary N) is 2. The van der Waals surface area contributed by atoms with Gasteiger partial charge in [0.1, 0.15) is 6.04 Å². The number of hydrogen-bond acceptors (Lipinski definition) is 6. The Bertz CT molecular complexity index is 966. The van der Waals surface area contributed by atoms with Crippen LogP contribution >= 0.6 is 0 Å². The summed E-state index contributed by atoms with van der Waals surface area (Å²) < 4.78 is 0. The number of likely N-dealkylation sites (tertiary alicyclic amines) is 1. The Balaban J connectivity index is 1.18. The first kappa shape index (κ1) is 22.0. The van der Waals surface area contributed by atoms with Gasteiger partial charge in [-0.1, -0.05) is 12.1 Å². The minimum atomic E-state index is -0.581.